The van der Waals surface area contributed by atoms with Crippen LogP contribution >= 0.6 is 11.3 Å². The molecule has 3 aromatic heterocycles. The van der Waals surface area contributed by atoms with Crippen LogP contribution in [0, 0.1) is 0 Å². The molecule has 0 bridgehead atoms. The van der Waals surface area contributed by atoms with Gasteiger partial charge < -0.3 is 14.7 Å². The first-order valence-electron chi connectivity index (χ1n) is 11.0. The largest absolute Gasteiger partial charge is 0.354 e. The molecule has 4 heterocycles. The molecule has 1 aliphatic heterocycles. The number of hydrogen-bond acceptors (Lipinski definition) is 9. The van der Waals surface area contributed by atoms with E-state index in [1.807, 2.05) is 31.3 Å². The van der Waals surface area contributed by atoms with Gasteiger partial charge >= 0.3 is 0 Å². The van der Waals surface area contributed by atoms with Gasteiger partial charge in [0.2, 0.25) is 5.95 Å². The van der Waals surface area contributed by atoms with Crippen molar-refractivity contribution in [2.45, 2.75) is 6.04 Å². The van der Waals surface area contributed by atoms with Gasteiger partial charge in [0, 0.05) is 62.8 Å². The molecule has 0 spiro atoms. The molecule has 0 atom stereocenters. The number of thiazole rings is 1. The summed E-state index contributed by atoms with van der Waals surface area (Å²) in [4.78, 5) is 38.2. The standard InChI is InChI=1S/C24H26N8OS/c1-30(2)17-13-32(14-17)21-18-6-5-16(20-12-26-24(34-20)31(3)4)11-19(18)27-23(28-21)29-22(33)15-7-9-25-10-8-15/h5-12,17H,13-14H2,1-4H3,(H,27,28,29,33). The third kappa shape index (κ3) is 4.29. The molecule has 1 N–H and O–H groups in total. The van der Waals surface area contributed by atoms with E-state index < -0.39 is 0 Å². The van der Waals surface area contributed by atoms with E-state index in [0.29, 0.717) is 11.6 Å². The Morgan fingerprint density at radius 2 is 1.85 bits per heavy atom. The van der Waals surface area contributed by atoms with Crippen molar-refractivity contribution in [2.75, 3.05) is 56.4 Å². The predicted molar refractivity (Wildman–Crippen MR) is 137 cm³/mol. The van der Waals surface area contributed by atoms with E-state index in [1.165, 1.54) is 0 Å². The molecule has 0 unspecified atom stereocenters. The highest BCUT2D eigenvalue weighted by atomic mass is 32.1. The fraction of sp³-hybridized carbons (Fsp3) is 0.292. The average molecular weight is 475 g/mol. The Morgan fingerprint density at radius 1 is 1.09 bits per heavy atom. The highest BCUT2D eigenvalue weighted by Gasteiger charge is 2.31. The second kappa shape index (κ2) is 8.96. The van der Waals surface area contributed by atoms with Gasteiger partial charge in [-0.2, -0.15) is 4.98 Å². The molecule has 1 fully saturated rings. The molecule has 0 aliphatic carbocycles. The van der Waals surface area contributed by atoms with Crippen molar-refractivity contribution in [1.29, 1.82) is 0 Å². The van der Waals surface area contributed by atoms with Crippen molar-refractivity contribution < 1.29 is 4.79 Å². The van der Waals surface area contributed by atoms with Crippen LogP contribution in [0.15, 0.2) is 48.9 Å². The number of hydrogen-bond donors (Lipinski definition) is 1. The maximum Gasteiger partial charge on any atom is 0.258 e. The zero-order valence-corrected chi connectivity index (χ0v) is 20.4. The van der Waals surface area contributed by atoms with Gasteiger partial charge in [0.1, 0.15) is 5.82 Å². The van der Waals surface area contributed by atoms with E-state index in [2.05, 4.69) is 51.3 Å². The lowest BCUT2D eigenvalue weighted by Crippen LogP contribution is -2.57. The lowest BCUT2D eigenvalue weighted by Gasteiger charge is -2.43. The summed E-state index contributed by atoms with van der Waals surface area (Å²) in [5.74, 6) is 0.850. The maximum atomic E-state index is 12.8. The van der Waals surface area contributed by atoms with Crippen LogP contribution in [0.2, 0.25) is 0 Å². The van der Waals surface area contributed by atoms with Crippen LogP contribution in [0.1, 0.15) is 10.4 Å². The van der Waals surface area contributed by atoms with Crippen molar-refractivity contribution >= 4 is 45.0 Å². The number of amides is 1. The minimum atomic E-state index is -0.267. The highest BCUT2D eigenvalue weighted by molar-refractivity contribution is 7.18. The molecule has 1 saturated heterocycles. The summed E-state index contributed by atoms with van der Waals surface area (Å²) in [5.41, 5.74) is 2.32. The van der Waals surface area contributed by atoms with E-state index >= 15 is 0 Å². The van der Waals surface area contributed by atoms with Crippen molar-refractivity contribution in [3.63, 3.8) is 0 Å². The third-order valence-corrected chi connectivity index (χ3v) is 7.11. The number of likely N-dealkylation sites (N-methyl/N-ethyl adjacent to an activating group) is 1. The Labute approximate surface area is 202 Å². The molecular formula is C24H26N8OS. The fourth-order valence-electron chi connectivity index (χ4n) is 3.80. The quantitative estimate of drug-likeness (QED) is 0.456. The van der Waals surface area contributed by atoms with Gasteiger partial charge in [-0.05, 0) is 43.9 Å². The molecule has 10 heteroatoms. The first-order chi connectivity index (χ1) is 16.4. The van der Waals surface area contributed by atoms with Gasteiger partial charge in [-0.1, -0.05) is 17.4 Å². The summed E-state index contributed by atoms with van der Waals surface area (Å²) in [5, 5.41) is 4.77. The third-order valence-electron chi connectivity index (χ3n) is 5.90. The Balaban J connectivity index is 1.53. The van der Waals surface area contributed by atoms with E-state index in [-0.39, 0.29) is 11.9 Å². The molecule has 9 nitrogen and oxygen atoms in total. The molecule has 4 aromatic rings. The van der Waals surface area contributed by atoms with E-state index in [9.17, 15) is 4.79 Å². The number of carbonyl (C=O) groups is 1. The molecule has 5 rings (SSSR count). The molecular weight excluding hydrogens is 448 g/mol. The monoisotopic (exact) mass is 474 g/mol. The summed E-state index contributed by atoms with van der Waals surface area (Å²) in [6.45, 7) is 1.75. The molecule has 174 valence electrons. The normalized spacial score (nSPS) is 13.9. The SMILES string of the molecule is CN(C)c1ncc(-c2ccc3c(N4CC(N(C)C)C4)nc(NC(=O)c4ccncc4)nc3c2)s1. The van der Waals surface area contributed by atoms with Crippen LogP contribution < -0.4 is 15.1 Å². The average Bonchev–Trinajstić information content (AvgIpc) is 3.29. The summed E-state index contributed by atoms with van der Waals surface area (Å²) in [6.07, 6.45) is 5.06. The van der Waals surface area contributed by atoms with Crippen LogP contribution in [0.3, 0.4) is 0 Å². The molecule has 0 saturated carbocycles. The first kappa shape index (κ1) is 22.2. The van der Waals surface area contributed by atoms with Crippen LogP contribution in [0.25, 0.3) is 21.3 Å². The van der Waals surface area contributed by atoms with Gasteiger partial charge in [0.15, 0.2) is 5.13 Å². The number of nitrogens with one attached hydrogen (secondary N) is 1. The van der Waals surface area contributed by atoms with Gasteiger partial charge in [-0.25, -0.2) is 9.97 Å². The predicted octanol–water partition coefficient (Wildman–Crippen LogP) is 3.22. The lowest BCUT2D eigenvalue weighted by molar-refractivity contribution is 0.102. The van der Waals surface area contributed by atoms with Crippen LogP contribution in [-0.2, 0) is 0 Å². The Kier molecular flexibility index (Phi) is 5.84. The number of aromatic nitrogens is 4. The lowest BCUT2D eigenvalue weighted by atomic mass is 10.1. The van der Waals surface area contributed by atoms with E-state index in [1.54, 1.807) is 35.9 Å². The van der Waals surface area contributed by atoms with Crippen molar-refractivity contribution in [2.24, 2.45) is 0 Å². The summed E-state index contributed by atoms with van der Waals surface area (Å²) >= 11 is 1.62. The minimum Gasteiger partial charge on any atom is -0.354 e. The van der Waals surface area contributed by atoms with Gasteiger partial charge in [-0.3, -0.25) is 15.1 Å². The Morgan fingerprint density at radius 3 is 2.53 bits per heavy atom. The van der Waals surface area contributed by atoms with E-state index in [0.717, 1.165) is 45.4 Å². The number of anilines is 3. The van der Waals surface area contributed by atoms with Crippen molar-refractivity contribution in [3.8, 4) is 10.4 Å². The van der Waals surface area contributed by atoms with Crippen LogP contribution in [-0.4, -0.2) is 78.1 Å². The number of carbonyl (C=O) groups excluding carboxylic acids is 1. The zero-order valence-electron chi connectivity index (χ0n) is 19.6. The first-order valence-corrected chi connectivity index (χ1v) is 11.8. The number of fused-ring (bicyclic) bond motifs is 1. The molecule has 34 heavy (non-hydrogen) atoms. The van der Waals surface area contributed by atoms with Gasteiger partial charge in [0.25, 0.3) is 5.91 Å². The number of benzene rings is 1. The second-order valence-corrected chi connectivity index (χ2v) is 9.73. The number of rotatable bonds is 6. The van der Waals surface area contributed by atoms with E-state index in [4.69, 9.17) is 9.97 Å². The Hall–Kier alpha value is -3.63. The zero-order chi connectivity index (χ0) is 23.8. The van der Waals surface area contributed by atoms with Gasteiger partial charge in [0.05, 0.1) is 10.4 Å². The summed E-state index contributed by atoms with van der Waals surface area (Å²) < 4.78 is 0. The summed E-state index contributed by atoms with van der Waals surface area (Å²) in [6, 6.07) is 9.99. The molecule has 0 radical (unpaired) electrons. The second-order valence-electron chi connectivity index (χ2n) is 8.72. The van der Waals surface area contributed by atoms with Crippen LogP contribution in [0.5, 0.6) is 0 Å². The number of nitrogens with zero attached hydrogens (tertiary/aromatic N) is 7. The Bertz CT molecular complexity index is 1330. The molecule has 1 amide bonds. The van der Waals surface area contributed by atoms with Crippen molar-refractivity contribution in [3.05, 3.63) is 54.5 Å². The minimum absolute atomic E-state index is 0.267. The maximum absolute atomic E-state index is 12.8. The smallest absolute Gasteiger partial charge is 0.258 e. The topological polar surface area (TPSA) is 90.4 Å². The van der Waals surface area contributed by atoms with Crippen molar-refractivity contribution in [1.82, 2.24) is 24.8 Å². The molecule has 1 aromatic carbocycles. The highest BCUT2D eigenvalue weighted by Crippen LogP contribution is 2.35. The number of pyridine rings is 1. The molecule has 1 aliphatic rings. The fourth-order valence-corrected chi connectivity index (χ4v) is 4.63. The van der Waals surface area contributed by atoms with Crippen LogP contribution in [0.4, 0.5) is 16.9 Å². The van der Waals surface area contributed by atoms with Gasteiger partial charge in [-0.15, -0.1) is 0 Å². The summed E-state index contributed by atoms with van der Waals surface area (Å²) in [7, 11) is 8.14.